The van der Waals surface area contributed by atoms with E-state index in [-0.39, 0.29) is 58.9 Å². The second-order valence-electron chi connectivity index (χ2n) is 17.8. The summed E-state index contributed by atoms with van der Waals surface area (Å²) in [6.45, 7) is 19.3. The number of carbonyl (C=O) groups excluding carboxylic acids is 4. The topological polar surface area (TPSA) is 93.3 Å². The van der Waals surface area contributed by atoms with Gasteiger partial charge < -0.3 is 20.0 Å². The molecule has 1 aliphatic carbocycles. The van der Waals surface area contributed by atoms with Crippen LogP contribution in [0.15, 0.2) is 35.9 Å². The molecule has 1 spiro atoms. The lowest BCUT2D eigenvalue weighted by Crippen LogP contribution is -2.60. The first-order valence-corrected chi connectivity index (χ1v) is 20.2. The summed E-state index contributed by atoms with van der Waals surface area (Å²) in [5, 5.41) is 3.92. The summed E-state index contributed by atoms with van der Waals surface area (Å²) in [5.41, 5.74) is 1.11. The summed E-state index contributed by atoms with van der Waals surface area (Å²) in [5.74, 6) is -0.154. The van der Waals surface area contributed by atoms with Crippen molar-refractivity contribution in [1.29, 1.82) is 0 Å². The van der Waals surface area contributed by atoms with Gasteiger partial charge in [0, 0.05) is 44.2 Å². The molecule has 9 nitrogen and oxygen atoms in total. The maximum Gasteiger partial charge on any atom is 0.249 e. The largest absolute Gasteiger partial charge is 0.370 e. The van der Waals surface area contributed by atoms with Gasteiger partial charge in [0.1, 0.15) is 6.04 Å². The number of likely N-dealkylation sites (N-methyl/N-ethyl adjacent to an activating group) is 1. The molecule has 0 bridgehead atoms. The second kappa shape index (κ2) is 16.2. The molecule has 5 unspecified atom stereocenters. The van der Waals surface area contributed by atoms with Crippen molar-refractivity contribution in [2.75, 3.05) is 38.1 Å². The number of amides is 3. The number of nitrogens with one attached hydrogen (secondary N) is 1. The molecule has 1 N–H and O–H groups in total. The van der Waals surface area contributed by atoms with E-state index < -0.39 is 17.5 Å². The first kappa shape index (κ1) is 40.3. The average Bonchev–Trinajstić information content (AvgIpc) is 3.56. The quantitative estimate of drug-likeness (QED) is 0.254. The zero-order chi connectivity index (χ0) is 38.1. The molecule has 10 heteroatoms. The fourth-order valence-electron chi connectivity index (χ4n) is 9.14. The predicted molar refractivity (Wildman–Crippen MR) is 209 cm³/mol. The monoisotopic (exact) mass is 737 g/mol. The van der Waals surface area contributed by atoms with Gasteiger partial charge in [0.15, 0.2) is 5.78 Å². The summed E-state index contributed by atoms with van der Waals surface area (Å²) >= 11 is 6.48. The molecule has 3 aliphatic heterocycles. The third-order valence-corrected chi connectivity index (χ3v) is 12.8. The average molecular weight is 738 g/mol. The van der Waals surface area contributed by atoms with Crippen LogP contribution in [0.25, 0.3) is 0 Å². The number of ketones is 1. The van der Waals surface area contributed by atoms with Crippen molar-refractivity contribution in [1.82, 2.24) is 20.0 Å². The number of hydrogen-bond acceptors (Lipinski definition) is 6. The highest BCUT2D eigenvalue weighted by Gasteiger charge is 2.60. The van der Waals surface area contributed by atoms with Gasteiger partial charge >= 0.3 is 0 Å². The number of benzene rings is 1. The van der Waals surface area contributed by atoms with Gasteiger partial charge in [-0.3, -0.25) is 24.1 Å². The Morgan fingerprint density at radius 2 is 1.60 bits per heavy atom. The molecule has 0 radical (unpaired) electrons. The summed E-state index contributed by atoms with van der Waals surface area (Å²) in [7, 11) is 1.78. The molecule has 3 heterocycles. The SMILES string of the molecule is C/C(=C\C(C(C)C)N(C)C(=O)C(NC(=O)C1CCCCN1C(C)C)C(C)(C)C)C(=O)N1CCCC1C(=O)C1CC12CCN(c1ccccc1Cl)CC2. The Bertz CT molecular complexity index is 1510. The second-order valence-corrected chi connectivity index (χ2v) is 18.2. The van der Waals surface area contributed by atoms with Crippen molar-refractivity contribution < 1.29 is 19.2 Å². The molecular formula is C42H64ClN5O4. The number of anilines is 1. The normalized spacial score (nSPS) is 25.0. The Balaban J connectivity index is 1.24. The van der Waals surface area contributed by atoms with Crippen LogP contribution in [0.4, 0.5) is 5.69 Å². The molecule has 3 amide bonds. The van der Waals surface area contributed by atoms with Crippen molar-refractivity contribution >= 4 is 40.8 Å². The molecule has 5 rings (SSSR count). The molecule has 4 aliphatic rings. The highest BCUT2D eigenvalue weighted by Crippen LogP contribution is 2.61. The lowest BCUT2D eigenvalue weighted by molar-refractivity contribution is -0.142. The van der Waals surface area contributed by atoms with Crippen LogP contribution < -0.4 is 10.2 Å². The number of hydrogen-bond donors (Lipinski definition) is 1. The van der Waals surface area contributed by atoms with E-state index in [0.29, 0.717) is 18.5 Å². The van der Waals surface area contributed by atoms with Crippen LogP contribution in [0.1, 0.15) is 107 Å². The molecule has 1 aromatic rings. The van der Waals surface area contributed by atoms with Gasteiger partial charge in [-0.15, -0.1) is 0 Å². The fourth-order valence-corrected chi connectivity index (χ4v) is 9.39. The number of para-hydroxylation sites is 1. The smallest absolute Gasteiger partial charge is 0.249 e. The first-order chi connectivity index (χ1) is 24.5. The molecule has 4 fully saturated rings. The fraction of sp³-hybridized carbons (Fsp3) is 0.714. The van der Waals surface area contributed by atoms with Crippen LogP contribution in [-0.2, 0) is 19.2 Å². The molecular weight excluding hydrogens is 674 g/mol. The van der Waals surface area contributed by atoms with Gasteiger partial charge in [0.05, 0.1) is 28.8 Å². The summed E-state index contributed by atoms with van der Waals surface area (Å²) in [6, 6.07) is 6.44. The Morgan fingerprint density at radius 1 is 0.942 bits per heavy atom. The molecule has 288 valence electrons. The van der Waals surface area contributed by atoms with Gasteiger partial charge in [0.2, 0.25) is 17.7 Å². The van der Waals surface area contributed by atoms with Gasteiger partial charge in [-0.1, -0.05) is 70.8 Å². The minimum absolute atomic E-state index is 0.00141. The lowest BCUT2D eigenvalue weighted by atomic mass is 9.84. The minimum atomic E-state index is -0.727. The first-order valence-electron chi connectivity index (χ1n) is 19.8. The minimum Gasteiger partial charge on any atom is -0.370 e. The van der Waals surface area contributed by atoms with Crippen molar-refractivity contribution in [2.45, 2.75) is 137 Å². The van der Waals surface area contributed by atoms with Crippen LogP contribution in [0.2, 0.25) is 5.02 Å². The predicted octanol–water partition coefficient (Wildman–Crippen LogP) is 6.73. The van der Waals surface area contributed by atoms with Gasteiger partial charge in [-0.05, 0) is 101 Å². The van der Waals surface area contributed by atoms with Gasteiger partial charge in [0.25, 0.3) is 0 Å². The van der Waals surface area contributed by atoms with Crippen LogP contribution in [0.3, 0.4) is 0 Å². The van der Waals surface area contributed by atoms with E-state index in [0.717, 1.165) is 75.3 Å². The Labute approximate surface area is 317 Å². The van der Waals surface area contributed by atoms with Crippen LogP contribution >= 0.6 is 11.6 Å². The standard InChI is InChI=1S/C42H64ClN5O4/c1-27(2)35(45(9)40(52)37(41(6,7)8)44-38(50)34-17-12-13-21-47(34)28(3)4)25-29(5)39(51)48-22-14-18-33(48)36(49)30-26-42(30)19-23-46(24-20-42)32-16-11-10-15-31(32)43/h10-11,15-16,25,27-28,30,33-35,37H,12-14,17-24,26H2,1-9H3,(H,44,50)/b29-25+. The van der Waals surface area contributed by atoms with Crippen LogP contribution in [-0.4, -0.2) is 102 Å². The van der Waals surface area contributed by atoms with Crippen molar-refractivity contribution in [3.63, 3.8) is 0 Å². The summed E-state index contributed by atoms with van der Waals surface area (Å²) in [6.07, 6.45) is 9.08. The number of nitrogens with zero attached hydrogens (tertiary/aromatic N) is 4. The maximum absolute atomic E-state index is 14.3. The Hall–Kier alpha value is -2.91. The van der Waals surface area contributed by atoms with Crippen LogP contribution in [0, 0.1) is 22.7 Å². The molecule has 5 atom stereocenters. The van der Waals surface area contributed by atoms with E-state index in [9.17, 15) is 19.2 Å². The maximum atomic E-state index is 14.3. The van der Waals surface area contributed by atoms with E-state index in [2.05, 4.69) is 35.0 Å². The molecule has 1 saturated carbocycles. The Morgan fingerprint density at radius 3 is 2.21 bits per heavy atom. The number of Topliss-reactive ketones (excluding diaryl/α,β-unsaturated/α-hetero) is 1. The third-order valence-electron chi connectivity index (χ3n) is 12.5. The lowest BCUT2D eigenvalue weighted by Gasteiger charge is -2.41. The number of piperidine rings is 2. The van der Waals surface area contributed by atoms with E-state index in [1.165, 1.54) is 0 Å². The Kier molecular flexibility index (Phi) is 12.6. The molecule has 52 heavy (non-hydrogen) atoms. The van der Waals surface area contributed by atoms with Gasteiger partial charge in [-0.25, -0.2) is 0 Å². The zero-order valence-electron chi connectivity index (χ0n) is 33.2. The van der Waals surface area contributed by atoms with Crippen molar-refractivity contribution in [3.05, 3.63) is 40.9 Å². The van der Waals surface area contributed by atoms with Crippen molar-refractivity contribution in [2.24, 2.45) is 22.7 Å². The van der Waals surface area contributed by atoms with Crippen molar-refractivity contribution in [3.8, 4) is 0 Å². The van der Waals surface area contributed by atoms with E-state index >= 15 is 0 Å². The van der Waals surface area contributed by atoms with Crippen LogP contribution in [0.5, 0.6) is 0 Å². The highest BCUT2D eigenvalue weighted by atomic mass is 35.5. The number of halogens is 1. The van der Waals surface area contributed by atoms with E-state index in [4.69, 9.17) is 11.6 Å². The number of likely N-dealkylation sites (tertiary alicyclic amines) is 2. The summed E-state index contributed by atoms with van der Waals surface area (Å²) in [4.78, 5) is 64.2. The molecule has 3 saturated heterocycles. The zero-order valence-corrected chi connectivity index (χ0v) is 34.0. The number of rotatable bonds is 11. The molecule has 0 aromatic heterocycles. The summed E-state index contributed by atoms with van der Waals surface area (Å²) < 4.78 is 0. The highest BCUT2D eigenvalue weighted by molar-refractivity contribution is 6.33. The van der Waals surface area contributed by atoms with E-state index in [1.807, 2.05) is 65.8 Å². The van der Waals surface area contributed by atoms with Gasteiger partial charge in [-0.2, -0.15) is 0 Å². The van der Waals surface area contributed by atoms with E-state index in [1.54, 1.807) is 16.8 Å². The number of carbonyl (C=O) groups is 4. The molecule has 1 aromatic carbocycles. The third kappa shape index (κ3) is 8.56.